The van der Waals surface area contributed by atoms with Crippen LogP contribution in [0.2, 0.25) is 0 Å². The van der Waals surface area contributed by atoms with Gasteiger partial charge in [0, 0.05) is 53.0 Å². The Labute approximate surface area is 251 Å². The Morgan fingerprint density at radius 2 is 1.81 bits per heavy atom. The van der Waals surface area contributed by atoms with Crippen molar-refractivity contribution in [2.24, 2.45) is 5.11 Å². The number of rotatable bonds is 15. The van der Waals surface area contributed by atoms with Crippen molar-refractivity contribution in [3.05, 3.63) is 40.3 Å². The number of nitrogens with one attached hydrogen (secondary N) is 4. The van der Waals surface area contributed by atoms with E-state index in [0.29, 0.717) is 41.8 Å². The van der Waals surface area contributed by atoms with Gasteiger partial charge >= 0.3 is 12.0 Å². The van der Waals surface area contributed by atoms with Crippen molar-refractivity contribution in [3.8, 4) is 0 Å². The molecule has 43 heavy (non-hydrogen) atoms. The highest BCUT2D eigenvalue weighted by atomic mass is 32.2. The SMILES string of the molecule is [N-]=[N+]=Nc1ccc(C(=O)NC(CCCCNC(=O)CCCC[C@@H]2SC[C@@H]3NC(=O)N[C@@H]32)C(=O)ON2C(=O)CCC2=O)cc1. The third-order valence-electron chi connectivity index (χ3n) is 7.39. The maximum Gasteiger partial charge on any atom is 0.355 e. The summed E-state index contributed by atoms with van der Waals surface area (Å²) in [7, 11) is 0. The lowest BCUT2D eigenvalue weighted by Gasteiger charge is -2.20. The monoisotopic (exact) mass is 614 g/mol. The maximum atomic E-state index is 12.9. The van der Waals surface area contributed by atoms with Crippen LogP contribution in [0.15, 0.2) is 29.4 Å². The molecule has 0 aromatic heterocycles. The number of fused-ring (bicyclic) bond motifs is 1. The van der Waals surface area contributed by atoms with E-state index in [-0.39, 0.29) is 48.8 Å². The zero-order chi connectivity index (χ0) is 30.8. The fourth-order valence-electron chi connectivity index (χ4n) is 5.10. The van der Waals surface area contributed by atoms with Crippen molar-refractivity contribution in [2.45, 2.75) is 81.2 Å². The molecule has 3 saturated heterocycles. The van der Waals surface area contributed by atoms with Crippen LogP contribution in [0.4, 0.5) is 10.5 Å². The van der Waals surface area contributed by atoms with Crippen LogP contribution in [-0.2, 0) is 24.0 Å². The van der Waals surface area contributed by atoms with E-state index < -0.39 is 29.7 Å². The number of azide groups is 1. The molecule has 15 nitrogen and oxygen atoms in total. The second kappa shape index (κ2) is 15.3. The topological polar surface area (TPSA) is 212 Å². The molecule has 3 heterocycles. The molecule has 3 fully saturated rings. The van der Waals surface area contributed by atoms with Crippen LogP contribution in [0.3, 0.4) is 0 Å². The zero-order valence-corrected chi connectivity index (χ0v) is 24.3. The summed E-state index contributed by atoms with van der Waals surface area (Å²) in [6.45, 7) is 0.373. The minimum atomic E-state index is -1.16. The molecule has 230 valence electrons. The second-order valence-corrected chi connectivity index (χ2v) is 11.7. The van der Waals surface area contributed by atoms with Crippen LogP contribution in [0.25, 0.3) is 10.4 Å². The van der Waals surface area contributed by atoms with Gasteiger partial charge in [-0.3, -0.25) is 19.2 Å². The molecular formula is C27H34N8O7S. The number of urea groups is 1. The van der Waals surface area contributed by atoms with Crippen molar-refractivity contribution in [1.29, 1.82) is 0 Å². The number of hydroxylamine groups is 2. The summed E-state index contributed by atoms with van der Waals surface area (Å²) in [5, 5.41) is 15.6. The first-order valence-electron chi connectivity index (χ1n) is 14.2. The van der Waals surface area contributed by atoms with Crippen molar-refractivity contribution in [1.82, 2.24) is 26.3 Å². The smallest absolute Gasteiger partial charge is 0.355 e. The molecule has 4 N–H and O–H groups in total. The number of carbonyl (C=O) groups excluding carboxylic acids is 6. The first kappa shape index (κ1) is 31.6. The minimum absolute atomic E-state index is 0.0589. The van der Waals surface area contributed by atoms with Crippen molar-refractivity contribution >= 4 is 53.1 Å². The Morgan fingerprint density at radius 3 is 2.53 bits per heavy atom. The van der Waals surface area contributed by atoms with Gasteiger partial charge in [0.1, 0.15) is 6.04 Å². The van der Waals surface area contributed by atoms with E-state index in [9.17, 15) is 28.8 Å². The lowest BCUT2D eigenvalue weighted by molar-refractivity contribution is -0.199. The number of unbranched alkanes of at least 4 members (excludes halogenated alkanes) is 2. The molecule has 4 atom stereocenters. The molecule has 0 bridgehead atoms. The summed E-state index contributed by atoms with van der Waals surface area (Å²) in [6.07, 6.45) is 3.90. The van der Waals surface area contributed by atoms with Gasteiger partial charge < -0.3 is 26.1 Å². The van der Waals surface area contributed by atoms with Gasteiger partial charge in [0.2, 0.25) is 5.91 Å². The molecule has 0 saturated carbocycles. The van der Waals surface area contributed by atoms with Gasteiger partial charge in [-0.25, -0.2) is 9.59 Å². The number of hydrogen-bond donors (Lipinski definition) is 4. The van der Waals surface area contributed by atoms with Gasteiger partial charge in [-0.2, -0.15) is 11.8 Å². The summed E-state index contributed by atoms with van der Waals surface area (Å²) in [5.41, 5.74) is 9.05. The summed E-state index contributed by atoms with van der Waals surface area (Å²) in [5.74, 6) is -1.99. The third-order valence-corrected chi connectivity index (χ3v) is 8.90. The molecule has 4 rings (SSSR count). The van der Waals surface area contributed by atoms with E-state index in [0.717, 1.165) is 25.0 Å². The molecule has 1 aromatic carbocycles. The lowest BCUT2D eigenvalue weighted by Crippen LogP contribution is -2.45. The number of nitrogens with zero attached hydrogens (tertiary/aromatic N) is 4. The minimum Gasteiger partial charge on any atom is -0.356 e. The van der Waals surface area contributed by atoms with Crippen LogP contribution < -0.4 is 21.3 Å². The van der Waals surface area contributed by atoms with Gasteiger partial charge in [0.15, 0.2) is 0 Å². The summed E-state index contributed by atoms with van der Waals surface area (Å²) in [4.78, 5) is 80.9. The highest BCUT2D eigenvalue weighted by Crippen LogP contribution is 2.33. The molecule has 6 amide bonds. The quantitative estimate of drug-likeness (QED) is 0.0573. The Balaban J connectivity index is 1.19. The molecule has 0 aliphatic carbocycles. The van der Waals surface area contributed by atoms with E-state index in [1.165, 1.54) is 24.3 Å². The highest BCUT2D eigenvalue weighted by Gasteiger charge is 2.42. The molecular weight excluding hydrogens is 580 g/mol. The summed E-state index contributed by atoms with van der Waals surface area (Å²) >= 11 is 1.84. The standard InChI is InChI=1S/C27H34N8O7S/c28-34-33-17-10-8-16(9-11-17)25(39)30-18(26(40)42-35-22(37)12-13-23(35)38)5-3-4-14-29-21(36)7-2-1-6-20-24-19(15-43-20)31-27(41)32-24/h8-11,18-20,24H,1-7,12-15H2,(H,29,36)(H,30,39)(H2,31,32,41)/t18?,19-,20-,24-/m0/s1. The number of imide groups is 1. The highest BCUT2D eigenvalue weighted by molar-refractivity contribution is 8.00. The Hall–Kier alpha value is -4.30. The van der Waals surface area contributed by atoms with Gasteiger partial charge in [0.05, 0.1) is 12.1 Å². The van der Waals surface area contributed by atoms with E-state index in [4.69, 9.17) is 10.4 Å². The van der Waals surface area contributed by atoms with Gasteiger partial charge in [0.25, 0.3) is 17.7 Å². The van der Waals surface area contributed by atoms with Crippen LogP contribution in [-0.4, -0.2) is 76.4 Å². The molecule has 0 radical (unpaired) electrons. The predicted octanol–water partition coefficient (Wildman–Crippen LogP) is 2.35. The van der Waals surface area contributed by atoms with Crippen LogP contribution in [0.5, 0.6) is 0 Å². The van der Waals surface area contributed by atoms with E-state index >= 15 is 0 Å². The number of benzene rings is 1. The molecule has 3 aliphatic heterocycles. The van der Waals surface area contributed by atoms with E-state index in [2.05, 4.69) is 31.3 Å². The fourth-order valence-corrected chi connectivity index (χ4v) is 6.64. The van der Waals surface area contributed by atoms with E-state index in [1.807, 2.05) is 11.8 Å². The van der Waals surface area contributed by atoms with Crippen molar-refractivity contribution in [3.63, 3.8) is 0 Å². The van der Waals surface area contributed by atoms with Crippen LogP contribution in [0.1, 0.15) is 68.1 Å². The van der Waals surface area contributed by atoms with Gasteiger partial charge in [-0.05, 0) is 49.8 Å². The molecule has 1 unspecified atom stereocenters. The first-order chi connectivity index (χ1) is 20.7. The number of thioether (sulfide) groups is 1. The summed E-state index contributed by atoms with van der Waals surface area (Å²) < 4.78 is 0. The summed E-state index contributed by atoms with van der Waals surface area (Å²) in [6, 6.07) is 4.81. The average molecular weight is 615 g/mol. The number of carbonyl (C=O) groups is 6. The average Bonchev–Trinajstić information content (AvgIpc) is 3.64. The first-order valence-corrected chi connectivity index (χ1v) is 15.3. The normalized spacial score (nSPS) is 21.3. The van der Waals surface area contributed by atoms with Gasteiger partial charge in [-0.15, -0.1) is 5.06 Å². The predicted molar refractivity (Wildman–Crippen MR) is 154 cm³/mol. The molecule has 0 spiro atoms. The number of amides is 6. The second-order valence-electron chi connectivity index (χ2n) is 10.5. The lowest BCUT2D eigenvalue weighted by atomic mass is 10.0. The number of hydrogen-bond acceptors (Lipinski definition) is 9. The zero-order valence-electron chi connectivity index (χ0n) is 23.5. The van der Waals surface area contributed by atoms with Crippen LogP contribution >= 0.6 is 11.8 Å². The maximum absolute atomic E-state index is 12.9. The molecule has 3 aliphatic rings. The van der Waals surface area contributed by atoms with Crippen molar-refractivity contribution in [2.75, 3.05) is 12.3 Å². The van der Waals surface area contributed by atoms with Crippen molar-refractivity contribution < 1.29 is 33.6 Å². The Kier molecular flexibility index (Phi) is 11.2. The Bertz CT molecular complexity index is 1270. The van der Waals surface area contributed by atoms with Gasteiger partial charge in [-0.1, -0.05) is 23.7 Å². The fraction of sp³-hybridized carbons (Fsp3) is 0.556. The Morgan fingerprint density at radius 1 is 1.07 bits per heavy atom. The van der Waals surface area contributed by atoms with Crippen LogP contribution in [0, 0.1) is 0 Å². The molecule has 1 aromatic rings. The molecule has 16 heteroatoms. The largest absolute Gasteiger partial charge is 0.356 e. The van der Waals surface area contributed by atoms with E-state index in [1.54, 1.807) is 0 Å². The third kappa shape index (κ3) is 8.85.